The molecule has 0 N–H and O–H groups in total. The molecule has 1 unspecified atom stereocenters. The number of nitriles is 1. The first-order valence-electron chi connectivity index (χ1n) is 7.72. The average molecular weight is 324 g/mol. The van der Waals surface area contributed by atoms with Crippen LogP contribution in [0.5, 0.6) is 0 Å². The lowest BCUT2D eigenvalue weighted by Crippen LogP contribution is -2.53. The largest absolute Gasteiger partial charge is 0.283 e. The topological polar surface area (TPSA) is 84.7 Å². The molecule has 0 aliphatic carbocycles. The van der Waals surface area contributed by atoms with E-state index in [9.17, 15) is 19.6 Å². The van der Waals surface area contributed by atoms with Crippen LogP contribution in [0.1, 0.15) is 31.4 Å². The van der Waals surface area contributed by atoms with Gasteiger partial charge in [0.25, 0.3) is 5.91 Å². The maximum absolute atomic E-state index is 13.0. The zero-order chi connectivity index (χ0) is 17.4. The normalized spacial score (nSPS) is 27.1. The molecule has 0 radical (unpaired) electrons. The molecule has 7 nitrogen and oxygen atoms in total. The van der Waals surface area contributed by atoms with Gasteiger partial charge in [-0.25, -0.2) is 5.01 Å². The predicted octanol–water partition coefficient (Wildman–Crippen LogP) is 0.746. The number of fused-ring (bicyclic) bond motifs is 5. The molecule has 7 heteroatoms. The van der Waals surface area contributed by atoms with E-state index in [1.165, 1.54) is 12.1 Å². The van der Waals surface area contributed by atoms with E-state index in [-0.39, 0.29) is 18.2 Å². The van der Waals surface area contributed by atoms with Gasteiger partial charge in [-0.3, -0.25) is 24.3 Å². The molecule has 3 aliphatic heterocycles. The molecule has 0 aromatic heterocycles. The van der Waals surface area contributed by atoms with Crippen LogP contribution >= 0.6 is 0 Å². The van der Waals surface area contributed by atoms with Crippen molar-refractivity contribution >= 4 is 23.4 Å². The molecule has 1 atom stereocenters. The van der Waals surface area contributed by atoms with Gasteiger partial charge in [0.1, 0.15) is 0 Å². The Bertz CT molecular complexity index is 869. The summed E-state index contributed by atoms with van der Waals surface area (Å²) in [6.07, 6.45) is -0.0947. The molecule has 24 heavy (non-hydrogen) atoms. The van der Waals surface area contributed by atoms with Gasteiger partial charge in [0.05, 0.1) is 35.7 Å². The zero-order valence-corrected chi connectivity index (χ0v) is 13.7. The fourth-order valence-electron chi connectivity index (χ4n) is 3.94. The molecule has 1 aromatic carbocycles. The van der Waals surface area contributed by atoms with Crippen LogP contribution in [0.2, 0.25) is 0 Å². The first kappa shape index (κ1) is 14.7. The fourth-order valence-corrected chi connectivity index (χ4v) is 3.94. The Hall–Kier alpha value is -2.88. The first-order chi connectivity index (χ1) is 11.2. The Kier molecular flexibility index (Phi) is 2.54. The van der Waals surface area contributed by atoms with Crippen molar-refractivity contribution in [1.29, 1.82) is 5.26 Å². The van der Waals surface area contributed by atoms with Crippen LogP contribution in [0, 0.1) is 16.7 Å². The summed E-state index contributed by atoms with van der Waals surface area (Å²) in [6, 6.07) is 7.10. The van der Waals surface area contributed by atoms with Gasteiger partial charge in [0.2, 0.25) is 11.8 Å². The molecule has 3 heterocycles. The van der Waals surface area contributed by atoms with Gasteiger partial charge in [-0.15, -0.1) is 0 Å². The number of nitrogens with zero attached hydrogens (tertiary/aromatic N) is 4. The lowest BCUT2D eigenvalue weighted by atomic mass is 9.84. The highest BCUT2D eigenvalue weighted by Gasteiger charge is 2.67. The Morgan fingerprint density at radius 2 is 1.88 bits per heavy atom. The SMILES string of the molecule is CN1C(=O)CC2(C1=O)c1cc(C#N)ccc1N1CC(C)(C)C(=O)N12. The summed E-state index contributed by atoms with van der Waals surface area (Å²) in [5, 5.41) is 12.4. The Balaban J connectivity index is 2.02. The second kappa shape index (κ2) is 4.15. The number of hydrogen-bond donors (Lipinski definition) is 0. The Morgan fingerprint density at radius 1 is 1.17 bits per heavy atom. The zero-order valence-electron chi connectivity index (χ0n) is 13.7. The van der Waals surface area contributed by atoms with Crippen LogP contribution in [-0.2, 0) is 19.9 Å². The van der Waals surface area contributed by atoms with Crippen molar-refractivity contribution in [1.82, 2.24) is 9.91 Å². The molecule has 3 amide bonds. The van der Waals surface area contributed by atoms with Gasteiger partial charge < -0.3 is 0 Å². The standard InChI is InChI=1S/C17H16N4O3/c1-16(2)9-20-12-5-4-10(8-18)6-11(12)17(21(20)14(16)23)7-13(22)19(3)15(17)24/h4-6H,7,9H2,1-3H3. The second-order valence-corrected chi connectivity index (χ2v) is 7.20. The van der Waals surface area contributed by atoms with E-state index in [0.29, 0.717) is 23.4 Å². The summed E-state index contributed by atoms with van der Waals surface area (Å²) >= 11 is 0. The Labute approximate surface area is 139 Å². The van der Waals surface area contributed by atoms with Crippen LogP contribution in [0.4, 0.5) is 5.69 Å². The number of hydrogen-bond acceptors (Lipinski definition) is 5. The van der Waals surface area contributed by atoms with E-state index in [2.05, 4.69) is 6.07 Å². The highest BCUT2D eigenvalue weighted by atomic mass is 16.2. The number of benzene rings is 1. The molecule has 4 rings (SSSR count). The van der Waals surface area contributed by atoms with Crippen molar-refractivity contribution in [3.63, 3.8) is 0 Å². The molecule has 0 bridgehead atoms. The first-order valence-corrected chi connectivity index (χ1v) is 7.72. The summed E-state index contributed by atoms with van der Waals surface area (Å²) in [7, 11) is 1.43. The van der Waals surface area contributed by atoms with Crippen LogP contribution in [-0.4, -0.2) is 41.2 Å². The lowest BCUT2D eigenvalue weighted by molar-refractivity contribution is -0.149. The Morgan fingerprint density at radius 3 is 2.46 bits per heavy atom. The van der Waals surface area contributed by atoms with Crippen LogP contribution in [0.15, 0.2) is 18.2 Å². The summed E-state index contributed by atoms with van der Waals surface area (Å²) < 4.78 is 0. The third-order valence-corrected chi connectivity index (χ3v) is 5.21. The number of likely N-dealkylation sites (tertiary alicyclic amines) is 1. The highest BCUT2D eigenvalue weighted by Crippen LogP contribution is 2.55. The fraction of sp³-hybridized carbons (Fsp3) is 0.412. The number of likely N-dealkylation sites (N-methyl/N-ethyl adjacent to an activating group) is 1. The van der Waals surface area contributed by atoms with Crippen molar-refractivity contribution < 1.29 is 14.4 Å². The maximum atomic E-state index is 13.0. The molecular formula is C17H16N4O3. The van der Waals surface area contributed by atoms with Crippen LogP contribution in [0.25, 0.3) is 0 Å². The third-order valence-electron chi connectivity index (χ3n) is 5.21. The van der Waals surface area contributed by atoms with E-state index in [0.717, 1.165) is 4.90 Å². The van der Waals surface area contributed by atoms with Crippen molar-refractivity contribution in [2.24, 2.45) is 5.41 Å². The van der Waals surface area contributed by atoms with E-state index in [1.807, 2.05) is 13.8 Å². The van der Waals surface area contributed by atoms with E-state index >= 15 is 0 Å². The molecule has 0 saturated carbocycles. The molecular weight excluding hydrogens is 308 g/mol. The molecule has 2 saturated heterocycles. The van der Waals surface area contributed by atoms with Crippen molar-refractivity contribution in [2.75, 3.05) is 18.6 Å². The minimum atomic E-state index is -1.36. The third kappa shape index (κ3) is 1.44. The minimum absolute atomic E-state index is 0.0947. The number of carbonyl (C=O) groups is 3. The summed E-state index contributed by atoms with van der Waals surface area (Å²) in [5.74, 6) is -0.932. The number of amides is 3. The smallest absolute Gasteiger partial charge is 0.262 e. The van der Waals surface area contributed by atoms with Crippen LogP contribution < -0.4 is 5.01 Å². The molecule has 1 spiro atoms. The van der Waals surface area contributed by atoms with Crippen molar-refractivity contribution in [2.45, 2.75) is 25.8 Å². The molecule has 122 valence electrons. The van der Waals surface area contributed by atoms with E-state index < -0.39 is 16.9 Å². The van der Waals surface area contributed by atoms with E-state index in [1.54, 1.807) is 23.2 Å². The van der Waals surface area contributed by atoms with Gasteiger partial charge >= 0.3 is 0 Å². The summed E-state index contributed by atoms with van der Waals surface area (Å²) in [5.41, 5.74) is -0.336. The minimum Gasteiger partial charge on any atom is -0.283 e. The molecule has 1 aromatic rings. The van der Waals surface area contributed by atoms with Gasteiger partial charge in [0, 0.05) is 12.6 Å². The van der Waals surface area contributed by atoms with Crippen LogP contribution in [0.3, 0.4) is 0 Å². The highest BCUT2D eigenvalue weighted by molar-refractivity contribution is 6.12. The monoisotopic (exact) mass is 324 g/mol. The maximum Gasteiger partial charge on any atom is 0.262 e. The van der Waals surface area contributed by atoms with Gasteiger partial charge in [-0.05, 0) is 32.0 Å². The molecule has 2 fully saturated rings. The average Bonchev–Trinajstić information content (AvgIpc) is 3.04. The van der Waals surface area contributed by atoms with Crippen molar-refractivity contribution in [3.05, 3.63) is 29.3 Å². The second-order valence-electron chi connectivity index (χ2n) is 7.20. The summed E-state index contributed by atoms with van der Waals surface area (Å²) in [4.78, 5) is 39.3. The number of hydrazine groups is 1. The quantitative estimate of drug-likeness (QED) is 0.657. The van der Waals surface area contributed by atoms with Gasteiger partial charge in [0.15, 0.2) is 5.54 Å². The van der Waals surface area contributed by atoms with Crippen molar-refractivity contribution in [3.8, 4) is 6.07 Å². The van der Waals surface area contributed by atoms with Gasteiger partial charge in [-0.1, -0.05) is 0 Å². The summed E-state index contributed by atoms with van der Waals surface area (Å²) in [6.45, 7) is 4.09. The number of imide groups is 1. The number of anilines is 1. The van der Waals surface area contributed by atoms with E-state index in [4.69, 9.17) is 0 Å². The molecule has 3 aliphatic rings. The predicted molar refractivity (Wildman–Crippen MR) is 83.2 cm³/mol. The number of rotatable bonds is 0. The lowest BCUT2D eigenvalue weighted by Gasteiger charge is -2.33. The number of carbonyl (C=O) groups excluding carboxylic acids is 3. The van der Waals surface area contributed by atoms with Gasteiger partial charge in [-0.2, -0.15) is 5.26 Å².